The van der Waals surface area contributed by atoms with Crippen molar-refractivity contribution in [3.63, 3.8) is 0 Å². The molecule has 0 radical (unpaired) electrons. The average Bonchev–Trinajstić information content (AvgIpc) is 2.98. The summed E-state index contributed by atoms with van der Waals surface area (Å²) in [5, 5.41) is 2.93. The Morgan fingerprint density at radius 2 is 1.81 bits per heavy atom. The molecule has 3 rings (SSSR count). The van der Waals surface area contributed by atoms with E-state index in [2.05, 4.69) is 36.1 Å². The molecule has 6 heteroatoms. The van der Waals surface area contributed by atoms with Crippen LogP contribution in [0.1, 0.15) is 44.9 Å². The number of amides is 1. The van der Waals surface area contributed by atoms with E-state index in [0.29, 0.717) is 5.52 Å². The number of hydrogen-bond donors (Lipinski definition) is 3. The van der Waals surface area contributed by atoms with Gasteiger partial charge in [0.05, 0.1) is 17.1 Å². The van der Waals surface area contributed by atoms with E-state index in [4.69, 9.17) is 4.74 Å². The number of aromatic amines is 2. The molecule has 1 amide bonds. The van der Waals surface area contributed by atoms with Gasteiger partial charge < -0.3 is 20.0 Å². The van der Waals surface area contributed by atoms with Crippen LogP contribution in [0.2, 0.25) is 0 Å². The molecule has 1 unspecified atom stereocenters. The molecule has 0 spiro atoms. The average molecular weight is 367 g/mol. The Morgan fingerprint density at radius 3 is 2.56 bits per heavy atom. The molecule has 27 heavy (non-hydrogen) atoms. The standard InChI is InChI=1S/C21H25N3O3/c1-13(14-9-10-16-17(11-14)24-20(26)23-16)22-19(25)12-27-18-8-6-5-7-15(18)21(2,3)4/h5-11,13H,12H2,1-4H3,(H,22,25)(H2,23,24,26). The molecule has 142 valence electrons. The summed E-state index contributed by atoms with van der Waals surface area (Å²) in [7, 11) is 0. The molecule has 0 saturated heterocycles. The lowest BCUT2D eigenvalue weighted by Gasteiger charge is -2.22. The summed E-state index contributed by atoms with van der Waals surface area (Å²) in [6.45, 7) is 8.17. The van der Waals surface area contributed by atoms with Gasteiger partial charge in [-0.25, -0.2) is 4.79 Å². The second-order valence-electron chi connectivity index (χ2n) is 7.71. The summed E-state index contributed by atoms with van der Waals surface area (Å²) in [6.07, 6.45) is 0. The maximum Gasteiger partial charge on any atom is 0.323 e. The van der Waals surface area contributed by atoms with Crippen LogP contribution in [0.5, 0.6) is 5.75 Å². The summed E-state index contributed by atoms with van der Waals surface area (Å²) in [5.41, 5.74) is 3.11. The number of rotatable bonds is 5. The molecule has 0 fully saturated rings. The summed E-state index contributed by atoms with van der Waals surface area (Å²) in [4.78, 5) is 29.1. The van der Waals surface area contributed by atoms with E-state index < -0.39 is 0 Å². The number of imidazole rings is 1. The van der Waals surface area contributed by atoms with Crippen molar-refractivity contribution in [2.75, 3.05) is 6.61 Å². The summed E-state index contributed by atoms with van der Waals surface area (Å²) >= 11 is 0. The van der Waals surface area contributed by atoms with Gasteiger partial charge >= 0.3 is 5.69 Å². The van der Waals surface area contributed by atoms with Crippen LogP contribution in [0, 0.1) is 0 Å². The molecule has 0 saturated carbocycles. The first kappa shape index (κ1) is 18.8. The molecule has 3 N–H and O–H groups in total. The number of para-hydroxylation sites is 1. The van der Waals surface area contributed by atoms with Gasteiger partial charge in [0.2, 0.25) is 0 Å². The maximum absolute atomic E-state index is 12.3. The van der Waals surface area contributed by atoms with E-state index in [-0.39, 0.29) is 29.7 Å². The molecule has 0 bridgehead atoms. The fourth-order valence-corrected chi connectivity index (χ4v) is 3.04. The van der Waals surface area contributed by atoms with Gasteiger partial charge in [0.25, 0.3) is 5.91 Å². The Labute approximate surface area is 158 Å². The van der Waals surface area contributed by atoms with Crippen molar-refractivity contribution in [3.05, 3.63) is 64.1 Å². The zero-order valence-electron chi connectivity index (χ0n) is 16.1. The lowest BCUT2D eigenvalue weighted by Crippen LogP contribution is -2.31. The first-order valence-corrected chi connectivity index (χ1v) is 8.97. The molecule has 6 nitrogen and oxygen atoms in total. The van der Waals surface area contributed by atoms with Crippen molar-refractivity contribution in [3.8, 4) is 5.75 Å². The number of carbonyl (C=O) groups is 1. The predicted octanol–water partition coefficient (Wildman–Crippen LogP) is 3.41. The zero-order chi connectivity index (χ0) is 19.6. The van der Waals surface area contributed by atoms with Crippen molar-refractivity contribution in [1.82, 2.24) is 15.3 Å². The minimum Gasteiger partial charge on any atom is -0.483 e. The van der Waals surface area contributed by atoms with Crippen LogP contribution < -0.4 is 15.7 Å². The van der Waals surface area contributed by atoms with Crippen molar-refractivity contribution >= 4 is 16.9 Å². The van der Waals surface area contributed by atoms with Gasteiger partial charge in [0, 0.05) is 0 Å². The first-order chi connectivity index (χ1) is 12.7. The normalized spacial score (nSPS) is 12.7. The molecule has 0 aliphatic rings. The molecular formula is C21H25N3O3. The van der Waals surface area contributed by atoms with Crippen molar-refractivity contribution in [2.45, 2.75) is 39.2 Å². The fraction of sp³-hybridized carbons (Fsp3) is 0.333. The summed E-state index contributed by atoms with van der Waals surface area (Å²) in [6, 6.07) is 13.1. The van der Waals surface area contributed by atoms with Crippen LogP contribution in [-0.2, 0) is 10.2 Å². The van der Waals surface area contributed by atoms with Gasteiger partial charge in [-0.2, -0.15) is 0 Å². The number of carbonyl (C=O) groups excluding carboxylic acids is 1. The molecule has 3 aromatic rings. The number of H-pyrrole nitrogens is 2. The third-order valence-corrected chi connectivity index (χ3v) is 4.47. The van der Waals surface area contributed by atoms with E-state index in [1.807, 2.05) is 49.4 Å². The first-order valence-electron chi connectivity index (χ1n) is 8.97. The maximum atomic E-state index is 12.3. The highest BCUT2D eigenvalue weighted by molar-refractivity contribution is 5.79. The SMILES string of the molecule is CC(NC(=O)COc1ccccc1C(C)(C)C)c1ccc2[nH]c(=O)[nH]c2c1. The van der Waals surface area contributed by atoms with E-state index in [1.165, 1.54) is 0 Å². The molecular weight excluding hydrogens is 342 g/mol. The Bertz CT molecular complexity index is 1010. The van der Waals surface area contributed by atoms with Gasteiger partial charge in [-0.3, -0.25) is 4.79 Å². The predicted molar refractivity (Wildman–Crippen MR) is 106 cm³/mol. The number of fused-ring (bicyclic) bond motifs is 1. The Kier molecular flexibility index (Phi) is 5.08. The minimum atomic E-state index is -0.246. The van der Waals surface area contributed by atoms with Crippen molar-refractivity contribution in [1.29, 1.82) is 0 Å². The Morgan fingerprint density at radius 1 is 1.11 bits per heavy atom. The van der Waals surface area contributed by atoms with E-state index >= 15 is 0 Å². The van der Waals surface area contributed by atoms with Gasteiger partial charge in [0.1, 0.15) is 5.75 Å². The van der Waals surface area contributed by atoms with Crippen LogP contribution in [0.3, 0.4) is 0 Å². The highest BCUT2D eigenvalue weighted by Gasteiger charge is 2.19. The molecule has 0 aliphatic carbocycles. The largest absolute Gasteiger partial charge is 0.483 e. The zero-order valence-corrected chi connectivity index (χ0v) is 16.1. The molecule has 1 heterocycles. The van der Waals surface area contributed by atoms with Gasteiger partial charge in [0.15, 0.2) is 6.61 Å². The lowest BCUT2D eigenvalue weighted by atomic mass is 9.86. The Hall–Kier alpha value is -3.02. The van der Waals surface area contributed by atoms with Crippen LogP contribution in [0.25, 0.3) is 11.0 Å². The number of nitrogens with one attached hydrogen (secondary N) is 3. The highest BCUT2D eigenvalue weighted by Crippen LogP contribution is 2.30. The number of aromatic nitrogens is 2. The van der Waals surface area contributed by atoms with Gasteiger partial charge in [-0.05, 0) is 41.7 Å². The second-order valence-corrected chi connectivity index (χ2v) is 7.71. The third-order valence-electron chi connectivity index (χ3n) is 4.47. The highest BCUT2D eigenvalue weighted by atomic mass is 16.5. The Balaban J connectivity index is 1.64. The van der Waals surface area contributed by atoms with E-state index in [1.54, 1.807) is 0 Å². The molecule has 1 atom stereocenters. The minimum absolute atomic E-state index is 0.0549. The van der Waals surface area contributed by atoms with Crippen LogP contribution >= 0.6 is 0 Å². The van der Waals surface area contributed by atoms with E-state index in [0.717, 1.165) is 22.4 Å². The van der Waals surface area contributed by atoms with Crippen molar-refractivity contribution in [2.24, 2.45) is 0 Å². The topological polar surface area (TPSA) is 87.0 Å². The van der Waals surface area contributed by atoms with E-state index in [9.17, 15) is 9.59 Å². The lowest BCUT2D eigenvalue weighted by molar-refractivity contribution is -0.123. The number of hydrogen-bond acceptors (Lipinski definition) is 3. The molecule has 0 aliphatic heterocycles. The van der Waals surface area contributed by atoms with Crippen molar-refractivity contribution < 1.29 is 9.53 Å². The van der Waals surface area contributed by atoms with Crippen LogP contribution in [-0.4, -0.2) is 22.5 Å². The molecule has 2 aromatic carbocycles. The smallest absolute Gasteiger partial charge is 0.323 e. The third kappa shape index (κ3) is 4.39. The number of ether oxygens (including phenoxy) is 1. The quantitative estimate of drug-likeness (QED) is 0.646. The van der Waals surface area contributed by atoms with Gasteiger partial charge in [-0.1, -0.05) is 45.0 Å². The van der Waals surface area contributed by atoms with Gasteiger partial charge in [-0.15, -0.1) is 0 Å². The molecule has 1 aromatic heterocycles. The summed E-state index contributed by atoms with van der Waals surface area (Å²) < 4.78 is 5.77. The monoisotopic (exact) mass is 367 g/mol. The van der Waals surface area contributed by atoms with Crippen LogP contribution in [0.15, 0.2) is 47.3 Å². The summed E-state index contributed by atoms with van der Waals surface area (Å²) in [5.74, 6) is 0.521. The number of benzene rings is 2. The fourth-order valence-electron chi connectivity index (χ4n) is 3.04. The van der Waals surface area contributed by atoms with Crippen LogP contribution in [0.4, 0.5) is 0 Å². The second kappa shape index (κ2) is 7.31.